The summed E-state index contributed by atoms with van der Waals surface area (Å²) in [6, 6.07) is 4.77. The van der Waals surface area contributed by atoms with E-state index in [1.54, 1.807) is 6.07 Å². The summed E-state index contributed by atoms with van der Waals surface area (Å²) < 4.78 is 27.1. The predicted molar refractivity (Wildman–Crippen MR) is 100 cm³/mol. The number of anilines is 1. The second-order valence-electron chi connectivity index (χ2n) is 6.10. The molecule has 1 heterocycles. The van der Waals surface area contributed by atoms with Crippen LogP contribution in [0.15, 0.2) is 24.3 Å². The molecule has 0 radical (unpaired) electrons. The van der Waals surface area contributed by atoms with Crippen LogP contribution in [0.25, 0.3) is 0 Å². The van der Waals surface area contributed by atoms with Crippen molar-refractivity contribution in [2.75, 3.05) is 5.32 Å². The van der Waals surface area contributed by atoms with Crippen molar-refractivity contribution in [3.8, 4) is 0 Å². The molecule has 0 spiro atoms. The summed E-state index contributed by atoms with van der Waals surface area (Å²) in [6.07, 6.45) is -0.323. The van der Waals surface area contributed by atoms with E-state index in [9.17, 15) is 28.0 Å². The quantitative estimate of drug-likeness (QED) is 0.620. The summed E-state index contributed by atoms with van der Waals surface area (Å²) in [5, 5.41) is 2.18. The van der Waals surface area contributed by atoms with Crippen molar-refractivity contribution in [3.63, 3.8) is 0 Å². The van der Waals surface area contributed by atoms with Gasteiger partial charge in [-0.15, -0.1) is 11.3 Å². The van der Waals surface area contributed by atoms with Gasteiger partial charge in [-0.05, 0) is 25.1 Å². The second-order valence-corrected chi connectivity index (χ2v) is 7.38. The number of hydrogen-bond acceptors (Lipinski definition) is 5. The Morgan fingerprint density at radius 1 is 1.00 bits per heavy atom. The van der Waals surface area contributed by atoms with Crippen LogP contribution in [-0.2, 0) is 9.59 Å². The number of thiophene rings is 1. The minimum absolute atomic E-state index is 0.000205. The molecule has 2 rings (SSSR count). The Kier molecular flexibility index (Phi) is 7.11. The molecule has 1 aromatic carbocycles. The number of rotatable bonds is 9. The second kappa shape index (κ2) is 9.32. The van der Waals surface area contributed by atoms with Crippen LogP contribution in [0.3, 0.4) is 0 Å². The van der Waals surface area contributed by atoms with Crippen LogP contribution >= 0.6 is 11.3 Å². The Morgan fingerprint density at radius 3 is 2.29 bits per heavy atom. The van der Waals surface area contributed by atoms with E-state index in [4.69, 9.17) is 5.73 Å². The minimum Gasteiger partial charge on any atom is -0.366 e. The molecule has 0 saturated carbocycles. The molecule has 0 aliphatic carbocycles. The highest BCUT2D eigenvalue weighted by atomic mass is 32.1. The Hall–Kier alpha value is -2.94. The summed E-state index contributed by atoms with van der Waals surface area (Å²) in [4.78, 5) is 48.4. The molecule has 2 aromatic rings. The monoisotopic (exact) mass is 408 g/mol. The number of primary amides is 1. The molecular weight excluding hydrogens is 390 g/mol. The van der Waals surface area contributed by atoms with E-state index >= 15 is 0 Å². The molecule has 2 amide bonds. The van der Waals surface area contributed by atoms with Crippen molar-refractivity contribution in [2.24, 2.45) is 5.73 Å². The van der Waals surface area contributed by atoms with Gasteiger partial charge in [-0.2, -0.15) is 0 Å². The molecule has 0 unspecified atom stereocenters. The zero-order valence-corrected chi connectivity index (χ0v) is 15.8. The lowest BCUT2D eigenvalue weighted by molar-refractivity contribution is -0.122. The first-order valence-electron chi connectivity index (χ1n) is 8.37. The van der Waals surface area contributed by atoms with Gasteiger partial charge in [0.15, 0.2) is 5.78 Å². The number of carbonyl (C=O) groups is 4. The molecule has 6 nitrogen and oxygen atoms in total. The van der Waals surface area contributed by atoms with E-state index in [2.05, 4.69) is 5.32 Å². The lowest BCUT2D eigenvalue weighted by Gasteiger charge is -2.08. The Morgan fingerprint density at radius 2 is 1.68 bits per heavy atom. The normalized spacial score (nSPS) is 10.5. The Labute approximate surface area is 163 Å². The Balaban J connectivity index is 1.83. The summed E-state index contributed by atoms with van der Waals surface area (Å²) in [7, 11) is 0. The number of benzene rings is 1. The number of nitrogens with one attached hydrogen (secondary N) is 1. The van der Waals surface area contributed by atoms with Crippen LogP contribution in [0.1, 0.15) is 50.6 Å². The molecule has 1 aromatic heterocycles. The van der Waals surface area contributed by atoms with Crippen molar-refractivity contribution in [2.45, 2.75) is 32.6 Å². The third kappa shape index (κ3) is 5.78. The number of carbonyl (C=O) groups excluding carboxylic acids is 4. The molecule has 0 aliphatic heterocycles. The smallest absolute Gasteiger partial charge is 0.251 e. The van der Waals surface area contributed by atoms with Gasteiger partial charge in [-0.25, -0.2) is 8.78 Å². The maximum Gasteiger partial charge on any atom is 0.251 e. The molecule has 0 aliphatic rings. The molecule has 0 bridgehead atoms. The van der Waals surface area contributed by atoms with Gasteiger partial charge in [-0.1, -0.05) is 0 Å². The predicted octanol–water partition coefficient (Wildman–Crippen LogP) is 3.38. The van der Waals surface area contributed by atoms with Crippen LogP contribution in [0, 0.1) is 18.6 Å². The van der Waals surface area contributed by atoms with Crippen LogP contribution in [-0.4, -0.2) is 23.4 Å². The highest BCUT2D eigenvalue weighted by molar-refractivity contribution is 7.14. The third-order valence-corrected chi connectivity index (χ3v) is 4.91. The molecule has 9 heteroatoms. The number of nitrogens with two attached hydrogens (primary N) is 1. The van der Waals surface area contributed by atoms with E-state index in [0.29, 0.717) is 10.9 Å². The summed E-state index contributed by atoms with van der Waals surface area (Å²) in [5.74, 6) is -4.41. The van der Waals surface area contributed by atoms with Gasteiger partial charge in [0.05, 0.1) is 16.1 Å². The number of ketones is 2. The maximum atomic E-state index is 13.7. The maximum absolute atomic E-state index is 13.7. The summed E-state index contributed by atoms with van der Waals surface area (Å²) in [5.41, 5.74) is 4.01. The standard InChI is InChI=1S/C19H18F2N2O4S/c1-10-2-6-17(28-10)16(25)5-3-11(24)4-7-18(26)23-15-8-12(19(22)27)13(20)9-14(15)21/h2,6,8-9H,3-5,7H2,1H3,(H2,22,27)(H,23,26). The highest BCUT2D eigenvalue weighted by Crippen LogP contribution is 2.20. The van der Waals surface area contributed by atoms with Crippen LogP contribution in [0.4, 0.5) is 14.5 Å². The SMILES string of the molecule is Cc1ccc(C(=O)CCC(=O)CCC(=O)Nc2cc(C(N)=O)c(F)cc2F)s1. The molecule has 28 heavy (non-hydrogen) atoms. The van der Waals surface area contributed by atoms with Crippen LogP contribution in [0.2, 0.25) is 0 Å². The molecule has 0 fully saturated rings. The van der Waals surface area contributed by atoms with Crippen molar-refractivity contribution in [1.82, 2.24) is 0 Å². The van der Waals surface area contributed by atoms with Gasteiger partial charge < -0.3 is 11.1 Å². The summed E-state index contributed by atoms with van der Waals surface area (Å²) in [6.45, 7) is 1.88. The zero-order chi connectivity index (χ0) is 20.8. The first kappa shape index (κ1) is 21.4. The minimum atomic E-state index is -1.14. The highest BCUT2D eigenvalue weighted by Gasteiger charge is 2.17. The van der Waals surface area contributed by atoms with Crippen LogP contribution in [0.5, 0.6) is 0 Å². The fourth-order valence-electron chi connectivity index (χ4n) is 2.38. The third-order valence-electron chi connectivity index (χ3n) is 3.87. The molecule has 3 N–H and O–H groups in total. The molecule has 0 atom stereocenters. The van der Waals surface area contributed by atoms with E-state index in [-0.39, 0.29) is 37.2 Å². The van der Waals surface area contributed by atoms with Crippen molar-refractivity contribution in [1.29, 1.82) is 0 Å². The lowest BCUT2D eigenvalue weighted by atomic mass is 10.1. The van der Waals surface area contributed by atoms with Gasteiger partial charge in [0.2, 0.25) is 5.91 Å². The van der Waals surface area contributed by atoms with Crippen molar-refractivity contribution in [3.05, 3.63) is 51.2 Å². The topological polar surface area (TPSA) is 106 Å². The fourth-order valence-corrected chi connectivity index (χ4v) is 3.22. The van der Waals surface area contributed by atoms with Crippen LogP contribution < -0.4 is 11.1 Å². The van der Waals surface area contributed by atoms with E-state index < -0.39 is 34.7 Å². The van der Waals surface area contributed by atoms with Gasteiger partial charge in [-0.3, -0.25) is 19.2 Å². The van der Waals surface area contributed by atoms with Crippen molar-refractivity contribution >= 4 is 40.4 Å². The average Bonchev–Trinajstić information content (AvgIpc) is 3.06. The van der Waals surface area contributed by atoms with E-state index in [1.165, 1.54) is 11.3 Å². The number of amides is 2. The first-order valence-corrected chi connectivity index (χ1v) is 9.19. The molecular formula is C19H18F2N2O4S. The van der Waals surface area contributed by atoms with E-state index in [0.717, 1.165) is 10.9 Å². The average molecular weight is 408 g/mol. The first-order chi connectivity index (χ1) is 13.2. The number of hydrogen-bond donors (Lipinski definition) is 2. The van der Waals surface area contributed by atoms with Gasteiger partial charge >= 0.3 is 0 Å². The van der Waals surface area contributed by atoms with E-state index in [1.807, 2.05) is 13.0 Å². The fraction of sp³-hybridized carbons (Fsp3) is 0.263. The number of halogens is 2. The van der Waals surface area contributed by atoms with Crippen molar-refractivity contribution < 1.29 is 28.0 Å². The zero-order valence-electron chi connectivity index (χ0n) is 15.0. The van der Waals surface area contributed by atoms with Gasteiger partial charge in [0.1, 0.15) is 17.4 Å². The summed E-state index contributed by atoms with van der Waals surface area (Å²) >= 11 is 1.35. The number of Topliss-reactive ketones (excluding diaryl/α,β-unsaturated/α-hetero) is 2. The lowest BCUT2D eigenvalue weighted by Crippen LogP contribution is -2.17. The Bertz CT molecular complexity index is 940. The van der Waals surface area contributed by atoms with Gasteiger partial charge in [0, 0.05) is 36.6 Å². The number of aryl methyl sites for hydroxylation is 1. The van der Waals surface area contributed by atoms with Gasteiger partial charge in [0.25, 0.3) is 5.91 Å². The molecule has 0 saturated heterocycles. The largest absolute Gasteiger partial charge is 0.366 e. The molecule has 148 valence electrons.